The van der Waals surface area contributed by atoms with Crippen LogP contribution in [0.2, 0.25) is 5.02 Å². The molecule has 2 amide bonds. The Bertz CT molecular complexity index is 846. The van der Waals surface area contributed by atoms with Crippen LogP contribution in [-0.4, -0.2) is 35.1 Å². The first kappa shape index (κ1) is 19.0. The Morgan fingerprint density at radius 1 is 1.18 bits per heavy atom. The van der Waals surface area contributed by atoms with Crippen LogP contribution < -0.4 is 5.32 Å². The average molecular weight is 403 g/mol. The highest BCUT2D eigenvalue weighted by Crippen LogP contribution is 2.41. The average Bonchev–Trinajstić information content (AvgIpc) is 3.35. The van der Waals surface area contributed by atoms with E-state index in [0.717, 1.165) is 32.1 Å². The summed E-state index contributed by atoms with van der Waals surface area (Å²) in [5, 5.41) is 3.35. The third-order valence-corrected chi connectivity index (χ3v) is 5.74. The molecule has 1 aliphatic carbocycles. The lowest BCUT2D eigenvalue weighted by molar-refractivity contribution is -0.127. The maximum Gasteiger partial charge on any atom is 0.256 e. The van der Waals surface area contributed by atoms with Crippen molar-refractivity contribution >= 4 is 23.4 Å². The lowest BCUT2D eigenvalue weighted by Gasteiger charge is -2.41. The van der Waals surface area contributed by atoms with Crippen molar-refractivity contribution in [2.24, 2.45) is 0 Å². The SMILES string of the molecule is O=C(NCc1ccco1)[C@H]1COC2(CCCCC2)N1C(=O)c1cccc(Cl)c1. The molecule has 1 saturated carbocycles. The molecular formula is C21H23ClN2O4. The second-order valence-corrected chi connectivity index (χ2v) is 7.75. The zero-order chi connectivity index (χ0) is 19.6. The van der Waals surface area contributed by atoms with E-state index in [-0.39, 0.29) is 25.0 Å². The molecule has 0 bridgehead atoms. The van der Waals surface area contributed by atoms with Crippen molar-refractivity contribution in [1.29, 1.82) is 0 Å². The molecule has 2 heterocycles. The second-order valence-electron chi connectivity index (χ2n) is 7.32. The van der Waals surface area contributed by atoms with E-state index >= 15 is 0 Å². The monoisotopic (exact) mass is 402 g/mol. The number of hydrogen-bond donors (Lipinski definition) is 1. The minimum absolute atomic E-state index is 0.191. The van der Waals surface area contributed by atoms with Gasteiger partial charge in [-0.05, 0) is 56.0 Å². The molecule has 1 spiro atoms. The van der Waals surface area contributed by atoms with Gasteiger partial charge in [-0.2, -0.15) is 0 Å². The quantitative estimate of drug-likeness (QED) is 0.845. The van der Waals surface area contributed by atoms with Gasteiger partial charge in [0.2, 0.25) is 5.91 Å². The molecule has 0 unspecified atom stereocenters. The Morgan fingerprint density at radius 3 is 2.71 bits per heavy atom. The summed E-state index contributed by atoms with van der Waals surface area (Å²) in [7, 11) is 0. The Labute approximate surface area is 168 Å². The van der Waals surface area contributed by atoms with Crippen LogP contribution in [0.15, 0.2) is 47.1 Å². The summed E-state index contributed by atoms with van der Waals surface area (Å²) in [6.07, 6.45) is 6.09. The molecule has 6 nitrogen and oxygen atoms in total. The van der Waals surface area contributed by atoms with Crippen molar-refractivity contribution in [3.63, 3.8) is 0 Å². The molecule has 1 saturated heterocycles. The maximum absolute atomic E-state index is 13.4. The number of furan rings is 1. The van der Waals surface area contributed by atoms with Crippen molar-refractivity contribution in [1.82, 2.24) is 10.2 Å². The predicted molar refractivity (Wildman–Crippen MR) is 104 cm³/mol. The van der Waals surface area contributed by atoms with Crippen molar-refractivity contribution in [3.8, 4) is 0 Å². The molecule has 7 heteroatoms. The highest BCUT2D eigenvalue weighted by atomic mass is 35.5. The van der Waals surface area contributed by atoms with Gasteiger partial charge < -0.3 is 14.5 Å². The summed E-state index contributed by atoms with van der Waals surface area (Å²) in [4.78, 5) is 28.0. The molecule has 1 aromatic carbocycles. The number of nitrogens with one attached hydrogen (secondary N) is 1. The van der Waals surface area contributed by atoms with Crippen molar-refractivity contribution in [3.05, 3.63) is 59.0 Å². The number of halogens is 1. The number of nitrogens with zero attached hydrogens (tertiary/aromatic N) is 1. The van der Waals surface area contributed by atoms with Crippen LogP contribution in [0, 0.1) is 0 Å². The number of rotatable bonds is 4. The van der Waals surface area contributed by atoms with E-state index in [9.17, 15) is 9.59 Å². The first-order chi connectivity index (χ1) is 13.6. The largest absolute Gasteiger partial charge is 0.467 e. The highest BCUT2D eigenvalue weighted by molar-refractivity contribution is 6.31. The lowest BCUT2D eigenvalue weighted by atomic mass is 9.89. The number of carbonyl (C=O) groups excluding carboxylic acids is 2. The van der Waals surface area contributed by atoms with Gasteiger partial charge in [-0.15, -0.1) is 0 Å². The van der Waals surface area contributed by atoms with Crippen molar-refractivity contribution < 1.29 is 18.7 Å². The molecule has 148 valence electrons. The summed E-state index contributed by atoms with van der Waals surface area (Å²) < 4.78 is 11.4. The van der Waals surface area contributed by atoms with Crippen LogP contribution in [0.1, 0.15) is 48.2 Å². The standard InChI is InChI=1S/C21H23ClN2O4/c22-16-7-4-6-15(12-16)20(26)24-18(14-28-21(24)9-2-1-3-10-21)19(25)23-13-17-8-5-11-27-17/h4-8,11-12,18H,1-3,9-10,13-14H2,(H,23,25)/t18-/m1/s1. The van der Waals surface area contributed by atoms with Gasteiger partial charge in [0, 0.05) is 10.6 Å². The molecule has 1 atom stereocenters. The zero-order valence-electron chi connectivity index (χ0n) is 15.5. The van der Waals surface area contributed by atoms with Gasteiger partial charge in [0.25, 0.3) is 5.91 Å². The zero-order valence-corrected chi connectivity index (χ0v) is 16.3. The number of carbonyl (C=O) groups is 2. The molecule has 2 fully saturated rings. The molecule has 1 N–H and O–H groups in total. The Hall–Kier alpha value is -2.31. The summed E-state index contributed by atoms with van der Waals surface area (Å²) >= 11 is 6.09. The minimum Gasteiger partial charge on any atom is -0.467 e. The van der Waals surface area contributed by atoms with E-state index in [1.54, 1.807) is 47.6 Å². The van der Waals surface area contributed by atoms with Gasteiger partial charge in [0.15, 0.2) is 0 Å². The van der Waals surface area contributed by atoms with E-state index in [2.05, 4.69) is 5.32 Å². The van der Waals surface area contributed by atoms with E-state index < -0.39 is 11.8 Å². The second kappa shape index (κ2) is 7.97. The van der Waals surface area contributed by atoms with Gasteiger partial charge in [-0.25, -0.2) is 0 Å². The maximum atomic E-state index is 13.4. The molecular weight excluding hydrogens is 380 g/mol. The summed E-state index contributed by atoms with van der Waals surface area (Å²) in [6, 6.07) is 9.71. The van der Waals surface area contributed by atoms with Gasteiger partial charge >= 0.3 is 0 Å². The van der Waals surface area contributed by atoms with E-state index in [1.165, 1.54) is 0 Å². The summed E-state index contributed by atoms with van der Waals surface area (Å²) in [6.45, 7) is 0.463. The number of ether oxygens (including phenoxy) is 1. The molecule has 1 aliphatic heterocycles. The Kier molecular flexibility index (Phi) is 5.42. The number of hydrogen-bond acceptors (Lipinski definition) is 4. The van der Waals surface area contributed by atoms with Crippen LogP contribution in [0.25, 0.3) is 0 Å². The molecule has 2 aromatic rings. The van der Waals surface area contributed by atoms with Gasteiger partial charge in [0.1, 0.15) is 17.5 Å². The van der Waals surface area contributed by atoms with Crippen LogP contribution in [-0.2, 0) is 16.1 Å². The topological polar surface area (TPSA) is 71.8 Å². The van der Waals surface area contributed by atoms with E-state index in [1.807, 2.05) is 0 Å². The minimum atomic E-state index is -0.718. The third-order valence-electron chi connectivity index (χ3n) is 5.51. The van der Waals surface area contributed by atoms with E-state index in [0.29, 0.717) is 16.3 Å². The van der Waals surface area contributed by atoms with Gasteiger partial charge in [0.05, 0.1) is 19.4 Å². The van der Waals surface area contributed by atoms with Crippen LogP contribution in [0.5, 0.6) is 0 Å². The number of amides is 2. The first-order valence-corrected chi connectivity index (χ1v) is 10.0. The van der Waals surface area contributed by atoms with Gasteiger partial charge in [-0.1, -0.05) is 24.1 Å². The summed E-state index contributed by atoms with van der Waals surface area (Å²) in [5.41, 5.74) is -0.253. The normalized spacial score (nSPS) is 21.0. The smallest absolute Gasteiger partial charge is 0.256 e. The Morgan fingerprint density at radius 2 is 2.00 bits per heavy atom. The molecule has 28 heavy (non-hydrogen) atoms. The predicted octanol–water partition coefficient (Wildman–Crippen LogP) is 3.75. The third kappa shape index (κ3) is 3.66. The first-order valence-electron chi connectivity index (χ1n) is 9.62. The Balaban J connectivity index is 1.59. The van der Waals surface area contributed by atoms with Gasteiger partial charge in [-0.3, -0.25) is 14.5 Å². The van der Waals surface area contributed by atoms with Crippen molar-refractivity contribution in [2.75, 3.05) is 6.61 Å². The molecule has 4 rings (SSSR count). The van der Waals surface area contributed by atoms with E-state index in [4.69, 9.17) is 20.8 Å². The molecule has 2 aliphatic rings. The molecule has 0 radical (unpaired) electrons. The van der Waals surface area contributed by atoms with Crippen LogP contribution in [0.4, 0.5) is 0 Å². The lowest BCUT2D eigenvalue weighted by Crippen LogP contribution is -2.56. The fourth-order valence-corrected chi connectivity index (χ4v) is 4.33. The highest BCUT2D eigenvalue weighted by Gasteiger charge is 2.52. The fraction of sp³-hybridized carbons (Fsp3) is 0.429. The van der Waals surface area contributed by atoms with Crippen LogP contribution >= 0.6 is 11.6 Å². The summed E-state index contributed by atoms with van der Waals surface area (Å²) in [5.74, 6) is 0.196. The fourth-order valence-electron chi connectivity index (χ4n) is 4.14. The van der Waals surface area contributed by atoms with Crippen molar-refractivity contribution in [2.45, 2.75) is 50.4 Å². The number of benzene rings is 1. The van der Waals surface area contributed by atoms with Crippen LogP contribution in [0.3, 0.4) is 0 Å². The molecule has 1 aromatic heterocycles.